The number of nitrogens with one attached hydrogen (secondary N) is 2. The topological polar surface area (TPSA) is 67.4 Å². The molecular formula is C21H18N2O3. The van der Waals surface area contributed by atoms with Gasteiger partial charge in [0.1, 0.15) is 11.3 Å². The fourth-order valence-electron chi connectivity index (χ4n) is 2.73. The molecule has 4 rings (SSSR count). The average Bonchev–Trinajstić information content (AvgIpc) is 3.34. The van der Waals surface area contributed by atoms with E-state index in [2.05, 4.69) is 22.8 Å². The predicted octanol–water partition coefficient (Wildman–Crippen LogP) is 4.57. The van der Waals surface area contributed by atoms with E-state index in [1.165, 1.54) is 5.56 Å². The quantitative estimate of drug-likeness (QED) is 0.537. The van der Waals surface area contributed by atoms with Crippen LogP contribution in [0.1, 0.15) is 21.9 Å². The lowest BCUT2D eigenvalue weighted by Crippen LogP contribution is -2.21. The first-order valence-corrected chi connectivity index (χ1v) is 8.40. The van der Waals surface area contributed by atoms with Crippen molar-refractivity contribution in [1.29, 1.82) is 0 Å². The van der Waals surface area contributed by atoms with Crippen molar-refractivity contribution in [3.63, 3.8) is 0 Å². The normalized spacial score (nSPS) is 10.8. The summed E-state index contributed by atoms with van der Waals surface area (Å²) in [7, 11) is 0. The summed E-state index contributed by atoms with van der Waals surface area (Å²) in [6.45, 7) is 1.06. The third-order valence-electron chi connectivity index (χ3n) is 4.08. The van der Waals surface area contributed by atoms with Gasteiger partial charge in [-0.3, -0.25) is 4.79 Å². The van der Waals surface area contributed by atoms with E-state index in [-0.39, 0.29) is 11.7 Å². The van der Waals surface area contributed by atoms with Gasteiger partial charge in [0.25, 0.3) is 5.91 Å². The molecule has 1 amide bonds. The van der Waals surface area contributed by atoms with Crippen LogP contribution in [-0.2, 0) is 13.1 Å². The van der Waals surface area contributed by atoms with Gasteiger partial charge < -0.3 is 19.5 Å². The van der Waals surface area contributed by atoms with Crippen LogP contribution in [0.25, 0.3) is 11.0 Å². The van der Waals surface area contributed by atoms with E-state index in [1.54, 1.807) is 18.4 Å². The lowest BCUT2D eigenvalue weighted by atomic mass is 10.2. The Kier molecular flexibility index (Phi) is 4.43. The Morgan fingerprint density at radius 1 is 0.923 bits per heavy atom. The van der Waals surface area contributed by atoms with Gasteiger partial charge in [-0.1, -0.05) is 30.3 Å². The molecule has 2 heterocycles. The number of furan rings is 2. The summed E-state index contributed by atoms with van der Waals surface area (Å²) in [5.74, 6) is 0.713. The van der Waals surface area contributed by atoms with Crippen LogP contribution in [0.2, 0.25) is 0 Å². The molecule has 0 aliphatic rings. The Morgan fingerprint density at radius 3 is 2.62 bits per heavy atom. The maximum atomic E-state index is 12.2. The van der Waals surface area contributed by atoms with Gasteiger partial charge in [0.05, 0.1) is 12.8 Å². The fraction of sp³-hybridized carbons (Fsp3) is 0.0952. The first kappa shape index (κ1) is 16.0. The third-order valence-corrected chi connectivity index (χ3v) is 4.08. The molecule has 2 aromatic heterocycles. The van der Waals surface area contributed by atoms with Crippen LogP contribution in [0.5, 0.6) is 0 Å². The maximum absolute atomic E-state index is 12.2. The molecule has 0 spiro atoms. The van der Waals surface area contributed by atoms with Crippen LogP contribution in [0.3, 0.4) is 0 Å². The summed E-state index contributed by atoms with van der Waals surface area (Å²) in [4.78, 5) is 12.2. The molecule has 5 heteroatoms. The number of anilines is 1. The summed E-state index contributed by atoms with van der Waals surface area (Å²) >= 11 is 0. The summed E-state index contributed by atoms with van der Waals surface area (Å²) in [5.41, 5.74) is 2.86. The SMILES string of the molecule is O=C(NCc1ccco1)c1cc2cc(NCc3ccccc3)ccc2o1. The molecule has 0 saturated carbocycles. The Hall–Kier alpha value is -3.47. The van der Waals surface area contributed by atoms with Gasteiger partial charge in [0.15, 0.2) is 5.76 Å². The van der Waals surface area contributed by atoms with Crippen LogP contribution in [0, 0.1) is 0 Å². The van der Waals surface area contributed by atoms with Crippen LogP contribution in [0.15, 0.2) is 81.8 Å². The van der Waals surface area contributed by atoms with Crippen LogP contribution in [-0.4, -0.2) is 5.91 Å². The summed E-state index contributed by atoms with van der Waals surface area (Å²) in [5, 5.41) is 7.04. The van der Waals surface area contributed by atoms with E-state index in [9.17, 15) is 4.79 Å². The zero-order valence-corrected chi connectivity index (χ0v) is 14.1. The smallest absolute Gasteiger partial charge is 0.287 e. The molecule has 0 radical (unpaired) electrons. The largest absolute Gasteiger partial charge is 0.467 e. The second-order valence-electron chi connectivity index (χ2n) is 5.96. The van der Waals surface area contributed by atoms with Crippen molar-refractivity contribution in [1.82, 2.24) is 5.32 Å². The van der Waals surface area contributed by atoms with E-state index in [0.29, 0.717) is 17.9 Å². The Balaban J connectivity index is 1.44. The molecule has 4 aromatic rings. The zero-order valence-electron chi connectivity index (χ0n) is 14.1. The number of hydrogen-bond donors (Lipinski definition) is 2. The Labute approximate surface area is 150 Å². The molecule has 0 aliphatic heterocycles. The molecule has 0 atom stereocenters. The highest BCUT2D eigenvalue weighted by atomic mass is 16.3. The molecule has 5 nitrogen and oxygen atoms in total. The number of carbonyl (C=O) groups is 1. The van der Waals surface area contributed by atoms with E-state index < -0.39 is 0 Å². The van der Waals surface area contributed by atoms with E-state index in [4.69, 9.17) is 8.83 Å². The van der Waals surface area contributed by atoms with Crippen molar-refractivity contribution in [2.24, 2.45) is 0 Å². The average molecular weight is 346 g/mol. The molecule has 26 heavy (non-hydrogen) atoms. The highest BCUT2D eigenvalue weighted by Crippen LogP contribution is 2.23. The van der Waals surface area contributed by atoms with Crippen molar-refractivity contribution in [2.45, 2.75) is 13.1 Å². The van der Waals surface area contributed by atoms with Crippen molar-refractivity contribution in [2.75, 3.05) is 5.32 Å². The van der Waals surface area contributed by atoms with Crippen LogP contribution >= 0.6 is 0 Å². The van der Waals surface area contributed by atoms with Crippen molar-refractivity contribution in [3.8, 4) is 0 Å². The van der Waals surface area contributed by atoms with E-state index in [0.717, 1.165) is 17.6 Å². The maximum Gasteiger partial charge on any atom is 0.287 e. The third kappa shape index (κ3) is 3.62. The van der Waals surface area contributed by atoms with Gasteiger partial charge in [0, 0.05) is 17.6 Å². The molecule has 0 aliphatic carbocycles. The minimum absolute atomic E-state index is 0.267. The summed E-state index contributed by atoms with van der Waals surface area (Å²) in [6.07, 6.45) is 1.58. The summed E-state index contributed by atoms with van der Waals surface area (Å²) in [6, 6.07) is 21.3. The molecule has 0 bridgehead atoms. The molecule has 0 fully saturated rings. The molecule has 0 saturated heterocycles. The monoisotopic (exact) mass is 346 g/mol. The molecule has 2 N–H and O–H groups in total. The van der Waals surface area contributed by atoms with Gasteiger partial charge in [-0.2, -0.15) is 0 Å². The number of fused-ring (bicyclic) bond motifs is 1. The van der Waals surface area contributed by atoms with Gasteiger partial charge in [-0.05, 0) is 42.0 Å². The Bertz CT molecular complexity index is 1000. The van der Waals surface area contributed by atoms with Gasteiger partial charge in [-0.25, -0.2) is 0 Å². The second-order valence-corrected chi connectivity index (χ2v) is 5.96. The van der Waals surface area contributed by atoms with Gasteiger partial charge in [0.2, 0.25) is 0 Å². The molecule has 0 unspecified atom stereocenters. The molecule has 2 aromatic carbocycles. The molecular weight excluding hydrogens is 328 g/mol. The number of hydrogen-bond acceptors (Lipinski definition) is 4. The van der Waals surface area contributed by atoms with Gasteiger partial charge in [-0.15, -0.1) is 0 Å². The van der Waals surface area contributed by atoms with Crippen molar-refractivity contribution in [3.05, 3.63) is 90.1 Å². The standard InChI is InChI=1S/C21H18N2O3/c24-21(23-14-18-7-4-10-25-18)20-12-16-11-17(8-9-19(16)26-20)22-13-15-5-2-1-3-6-15/h1-12,22H,13-14H2,(H,23,24). The Morgan fingerprint density at radius 2 is 1.81 bits per heavy atom. The number of benzene rings is 2. The van der Waals surface area contributed by atoms with Crippen LogP contribution < -0.4 is 10.6 Å². The lowest BCUT2D eigenvalue weighted by molar-refractivity contribution is 0.0922. The van der Waals surface area contributed by atoms with E-state index >= 15 is 0 Å². The number of rotatable bonds is 6. The number of amides is 1. The second kappa shape index (κ2) is 7.19. The first-order chi connectivity index (χ1) is 12.8. The van der Waals surface area contributed by atoms with Gasteiger partial charge >= 0.3 is 0 Å². The zero-order chi connectivity index (χ0) is 17.8. The van der Waals surface area contributed by atoms with Crippen LogP contribution in [0.4, 0.5) is 5.69 Å². The van der Waals surface area contributed by atoms with E-state index in [1.807, 2.05) is 42.5 Å². The fourth-order valence-corrected chi connectivity index (χ4v) is 2.73. The van der Waals surface area contributed by atoms with Crippen molar-refractivity contribution < 1.29 is 13.6 Å². The molecule has 130 valence electrons. The highest BCUT2D eigenvalue weighted by Gasteiger charge is 2.13. The lowest BCUT2D eigenvalue weighted by Gasteiger charge is -2.06. The minimum Gasteiger partial charge on any atom is -0.467 e. The minimum atomic E-state index is -0.267. The highest BCUT2D eigenvalue weighted by molar-refractivity contribution is 5.96. The number of carbonyl (C=O) groups excluding carboxylic acids is 1. The van der Waals surface area contributed by atoms with Crippen molar-refractivity contribution >= 4 is 22.6 Å². The predicted molar refractivity (Wildman–Crippen MR) is 99.9 cm³/mol. The summed E-state index contributed by atoms with van der Waals surface area (Å²) < 4.78 is 10.9. The first-order valence-electron chi connectivity index (χ1n) is 8.40.